The lowest BCUT2D eigenvalue weighted by molar-refractivity contribution is 0.0539. The van der Waals surface area contributed by atoms with Gasteiger partial charge in [0.15, 0.2) is 10.3 Å². The maximum absolute atomic E-state index is 12.4. The third kappa shape index (κ3) is 2.19. The van der Waals surface area contributed by atoms with E-state index < -0.39 is 0 Å². The molecule has 1 aliphatic rings. The fourth-order valence-electron chi connectivity index (χ4n) is 2.52. The lowest BCUT2D eigenvalue weighted by Gasteiger charge is -2.29. The van der Waals surface area contributed by atoms with Crippen LogP contribution in [0.5, 0.6) is 0 Å². The molecule has 0 aliphatic carbocycles. The zero-order chi connectivity index (χ0) is 13.6. The molecule has 0 bridgehead atoms. The van der Waals surface area contributed by atoms with Gasteiger partial charge in [-0.3, -0.25) is 4.79 Å². The largest absolute Gasteiger partial charge is 0.448 e. The Morgan fingerprint density at radius 3 is 2.74 bits per heavy atom. The molecule has 102 valence electrons. The van der Waals surface area contributed by atoms with Crippen LogP contribution in [0, 0.1) is 0 Å². The second-order valence-electron chi connectivity index (χ2n) is 4.91. The van der Waals surface area contributed by atoms with E-state index in [0.717, 1.165) is 5.52 Å². The number of piperidine rings is 1. The Morgan fingerprint density at radius 2 is 2.11 bits per heavy atom. The molecular weight excluding hydrogens is 312 g/mol. The predicted molar refractivity (Wildman–Crippen MR) is 74.0 cm³/mol. The molecule has 1 N–H and O–H groups in total. The van der Waals surface area contributed by atoms with Crippen molar-refractivity contribution in [2.45, 2.75) is 18.9 Å². The van der Waals surface area contributed by atoms with Crippen LogP contribution in [0.15, 0.2) is 21.2 Å². The van der Waals surface area contributed by atoms with E-state index in [4.69, 9.17) is 4.42 Å². The number of aromatic nitrogens is 1. The van der Waals surface area contributed by atoms with Gasteiger partial charge in [0.1, 0.15) is 5.69 Å². The molecule has 2 aromatic heterocycles. The molecule has 5 nitrogen and oxygen atoms in total. The Morgan fingerprint density at radius 1 is 1.42 bits per heavy atom. The molecule has 0 atom stereocenters. The summed E-state index contributed by atoms with van der Waals surface area (Å²) in [4.78, 5) is 14.2. The van der Waals surface area contributed by atoms with E-state index in [0.29, 0.717) is 41.9 Å². The van der Waals surface area contributed by atoms with E-state index in [-0.39, 0.29) is 12.0 Å². The van der Waals surface area contributed by atoms with E-state index >= 15 is 0 Å². The van der Waals surface area contributed by atoms with Crippen LogP contribution >= 0.6 is 15.9 Å². The summed E-state index contributed by atoms with van der Waals surface area (Å²) in [6.45, 7) is 1.21. The minimum atomic E-state index is -0.273. The Kier molecular flexibility index (Phi) is 3.14. The highest BCUT2D eigenvalue weighted by molar-refractivity contribution is 9.10. The quantitative estimate of drug-likeness (QED) is 0.873. The zero-order valence-electron chi connectivity index (χ0n) is 10.6. The summed E-state index contributed by atoms with van der Waals surface area (Å²) in [5.74, 6) is -0.00285. The average Bonchev–Trinajstić information content (AvgIpc) is 2.88. The monoisotopic (exact) mass is 326 g/mol. The van der Waals surface area contributed by atoms with Gasteiger partial charge >= 0.3 is 0 Å². The number of aliphatic hydroxyl groups is 1. The molecule has 1 saturated heterocycles. The number of furan rings is 1. The molecule has 3 rings (SSSR count). The molecule has 1 amide bonds. The van der Waals surface area contributed by atoms with Crippen molar-refractivity contribution in [1.29, 1.82) is 0 Å². The van der Waals surface area contributed by atoms with E-state index in [1.165, 1.54) is 0 Å². The smallest absolute Gasteiger partial charge is 0.270 e. The zero-order valence-corrected chi connectivity index (χ0v) is 12.2. The first-order valence-corrected chi connectivity index (χ1v) is 7.07. The van der Waals surface area contributed by atoms with Crippen LogP contribution in [0.3, 0.4) is 0 Å². The summed E-state index contributed by atoms with van der Waals surface area (Å²) >= 11 is 3.28. The highest BCUT2D eigenvalue weighted by atomic mass is 79.9. The number of likely N-dealkylation sites (tertiary alicyclic amines) is 1. The van der Waals surface area contributed by atoms with Crippen molar-refractivity contribution in [3.63, 3.8) is 0 Å². The van der Waals surface area contributed by atoms with Crippen LogP contribution in [0.4, 0.5) is 0 Å². The normalized spacial score (nSPS) is 17.3. The van der Waals surface area contributed by atoms with Crippen LogP contribution in [0.25, 0.3) is 11.1 Å². The number of nitrogens with zero attached hydrogens (tertiary/aromatic N) is 2. The fraction of sp³-hybridized carbons (Fsp3) is 0.462. The van der Waals surface area contributed by atoms with Gasteiger partial charge in [-0.25, -0.2) is 0 Å². The molecule has 0 saturated carbocycles. The molecule has 2 aromatic rings. The van der Waals surface area contributed by atoms with E-state index in [9.17, 15) is 9.90 Å². The van der Waals surface area contributed by atoms with Crippen LogP contribution < -0.4 is 0 Å². The molecule has 0 aromatic carbocycles. The highest BCUT2D eigenvalue weighted by Crippen LogP contribution is 2.27. The molecule has 1 fully saturated rings. The first-order valence-electron chi connectivity index (χ1n) is 6.28. The van der Waals surface area contributed by atoms with E-state index in [1.807, 2.05) is 17.7 Å². The maximum atomic E-state index is 12.4. The SMILES string of the molecule is Cn1c(C(=O)N2CCC(O)CC2)cc2oc(Br)cc21. The first kappa shape index (κ1) is 12.7. The summed E-state index contributed by atoms with van der Waals surface area (Å²) < 4.78 is 7.97. The lowest BCUT2D eigenvalue weighted by Crippen LogP contribution is -2.40. The van der Waals surface area contributed by atoms with Crippen molar-refractivity contribution in [2.75, 3.05) is 13.1 Å². The van der Waals surface area contributed by atoms with Crippen LogP contribution in [0.1, 0.15) is 23.3 Å². The minimum Gasteiger partial charge on any atom is -0.448 e. The number of aliphatic hydroxyl groups excluding tert-OH is 1. The molecular formula is C13H15BrN2O3. The summed E-state index contributed by atoms with van der Waals surface area (Å²) in [6.07, 6.45) is 1.03. The van der Waals surface area contributed by atoms with E-state index in [2.05, 4.69) is 15.9 Å². The van der Waals surface area contributed by atoms with Crippen molar-refractivity contribution in [3.8, 4) is 0 Å². The van der Waals surface area contributed by atoms with Crippen molar-refractivity contribution in [2.24, 2.45) is 7.05 Å². The summed E-state index contributed by atoms with van der Waals surface area (Å²) in [7, 11) is 1.86. The fourth-order valence-corrected chi connectivity index (χ4v) is 2.91. The lowest BCUT2D eigenvalue weighted by atomic mass is 10.1. The van der Waals surface area contributed by atoms with Gasteiger partial charge in [0.05, 0.1) is 11.6 Å². The van der Waals surface area contributed by atoms with Gasteiger partial charge in [0, 0.05) is 32.3 Å². The second kappa shape index (κ2) is 4.68. The Balaban J connectivity index is 1.89. The van der Waals surface area contributed by atoms with Gasteiger partial charge in [-0.2, -0.15) is 0 Å². The topological polar surface area (TPSA) is 58.6 Å². The maximum Gasteiger partial charge on any atom is 0.270 e. The number of carbonyl (C=O) groups excluding carboxylic acids is 1. The Labute approximate surface area is 118 Å². The first-order chi connectivity index (χ1) is 9.06. The Hall–Kier alpha value is -1.27. The number of rotatable bonds is 1. The number of carbonyl (C=O) groups is 1. The van der Waals surface area contributed by atoms with Gasteiger partial charge in [0.2, 0.25) is 0 Å². The van der Waals surface area contributed by atoms with E-state index in [1.54, 1.807) is 11.0 Å². The number of hydrogen-bond acceptors (Lipinski definition) is 3. The average molecular weight is 327 g/mol. The van der Waals surface area contributed by atoms with Gasteiger partial charge in [-0.1, -0.05) is 0 Å². The molecule has 0 unspecified atom stereocenters. The molecule has 0 spiro atoms. The van der Waals surface area contributed by atoms with Gasteiger partial charge in [-0.05, 0) is 28.8 Å². The Bertz CT molecular complexity index is 623. The van der Waals surface area contributed by atoms with Crippen molar-refractivity contribution < 1.29 is 14.3 Å². The van der Waals surface area contributed by atoms with Crippen molar-refractivity contribution in [3.05, 3.63) is 22.5 Å². The highest BCUT2D eigenvalue weighted by Gasteiger charge is 2.25. The van der Waals surface area contributed by atoms with Crippen molar-refractivity contribution >= 4 is 32.9 Å². The standard InChI is InChI=1S/C13H15BrN2O3/c1-15-9-7-12(14)19-11(9)6-10(15)13(18)16-4-2-8(17)3-5-16/h6-8,17H,2-5H2,1H3. The summed E-state index contributed by atoms with van der Waals surface area (Å²) in [5.41, 5.74) is 2.22. The minimum absolute atomic E-state index is 0.00285. The van der Waals surface area contributed by atoms with Crippen LogP contribution in [-0.4, -0.2) is 39.7 Å². The van der Waals surface area contributed by atoms with Crippen LogP contribution in [0.2, 0.25) is 0 Å². The predicted octanol–water partition coefficient (Wildman–Crippen LogP) is 2.13. The van der Waals surface area contributed by atoms with Gasteiger partial charge in [-0.15, -0.1) is 0 Å². The number of hydrogen-bond donors (Lipinski definition) is 1. The number of amides is 1. The molecule has 3 heterocycles. The molecule has 0 radical (unpaired) electrons. The number of aryl methyl sites for hydroxylation is 1. The molecule has 6 heteroatoms. The third-order valence-corrected chi connectivity index (χ3v) is 4.06. The summed E-state index contributed by atoms with van der Waals surface area (Å²) in [5, 5.41) is 9.48. The third-order valence-electron chi connectivity index (χ3n) is 3.67. The molecule has 1 aliphatic heterocycles. The number of halogens is 1. The van der Waals surface area contributed by atoms with Gasteiger partial charge < -0.3 is 19.0 Å². The summed E-state index contributed by atoms with van der Waals surface area (Å²) in [6, 6.07) is 3.62. The second-order valence-corrected chi connectivity index (χ2v) is 5.69. The molecule has 19 heavy (non-hydrogen) atoms. The number of fused-ring (bicyclic) bond motifs is 1. The van der Waals surface area contributed by atoms with Crippen LogP contribution in [-0.2, 0) is 7.05 Å². The van der Waals surface area contributed by atoms with Gasteiger partial charge in [0.25, 0.3) is 5.91 Å². The van der Waals surface area contributed by atoms with Crippen molar-refractivity contribution in [1.82, 2.24) is 9.47 Å².